The predicted octanol–water partition coefficient (Wildman–Crippen LogP) is 0.187. The van der Waals surface area contributed by atoms with Crippen molar-refractivity contribution in [1.82, 2.24) is 31.6 Å². The van der Waals surface area contributed by atoms with Crippen LogP contribution < -0.4 is 32.3 Å². The number of fused-ring (bicyclic) bond motifs is 1. The number of aromatic amines is 1. The lowest BCUT2D eigenvalue weighted by Crippen LogP contribution is -2.59. The lowest BCUT2D eigenvalue weighted by Gasteiger charge is -2.26. The van der Waals surface area contributed by atoms with Crippen molar-refractivity contribution in [3.8, 4) is 0 Å². The van der Waals surface area contributed by atoms with Crippen LogP contribution in [0.1, 0.15) is 30.9 Å². The van der Waals surface area contributed by atoms with Crippen molar-refractivity contribution in [3.63, 3.8) is 0 Å². The third kappa shape index (κ3) is 12.2. The number of aliphatic carboxylic acids is 1. The number of rotatable bonds is 21. The molecule has 0 fully saturated rings. The molecule has 0 bridgehead atoms. The van der Waals surface area contributed by atoms with E-state index in [9.17, 15) is 33.9 Å². The van der Waals surface area contributed by atoms with Crippen molar-refractivity contribution < 1.29 is 38.6 Å². The largest absolute Gasteiger partial charge is 0.481 e. The third-order valence-corrected chi connectivity index (χ3v) is 8.50. The number of ether oxygens (including phenoxy) is 1. The van der Waals surface area contributed by atoms with Crippen LogP contribution in [0, 0.1) is 0 Å². The monoisotopic (exact) mass is 711 g/mol. The molecule has 0 spiro atoms. The summed E-state index contributed by atoms with van der Waals surface area (Å²) in [5.41, 5.74) is 7.82. The van der Waals surface area contributed by atoms with E-state index in [-0.39, 0.29) is 26.0 Å². The standard InChI is InChI=1S/C34H45N7O8S/c1-20(37-19-49-2)31(45)40-27(16-22-18-36-24-12-8-7-11-23(22)24)33(47)38-25(13-14-50-3)32(46)41-28(17-29(42)43)34(48)39-26(30(35)44)15-21-9-5-4-6-10-21/h4-12,18,20,25-28,36-37H,13-17,19H2,1-3H3,(H2,35,44)(H,38,47)(H,39,48)(H,40,45)(H,41,46)(H,42,43)/t20-,25-,26-,27-,28-/m0/s1. The molecule has 0 radical (unpaired) electrons. The van der Waals surface area contributed by atoms with Crippen molar-refractivity contribution in [2.24, 2.45) is 5.73 Å². The van der Waals surface area contributed by atoms with Crippen LogP contribution in [0.5, 0.6) is 0 Å². The maximum absolute atomic E-state index is 13.9. The summed E-state index contributed by atoms with van der Waals surface area (Å²) >= 11 is 1.41. The van der Waals surface area contributed by atoms with Gasteiger partial charge in [-0.1, -0.05) is 48.5 Å². The number of aromatic nitrogens is 1. The minimum Gasteiger partial charge on any atom is -0.481 e. The van der Waals surface area contributed by atoms with Gasteiger partial charge in [0.25, 0.3) is 0 Å². The average molecular weight is 712 g/mol. The Labute approximate surface area is 294 Å². The molecule has 50 heavy (non-hydrogen) atoms. The molecule has 5 atom stereocenters. The number of carboxylic acids is 1. The van der Waals surface area contributed by atoms with Gasteiger partial charge in [0.2, 0.25) is 29.5 Å². The molecule has 3 aromatic rings. The number of thioether (sulfide) groups is 1. The van der Waals surface area contributed by atoms with E-state index >= 15 is 0 Å². The Hall–Kier alpha value is -4.93. The number of H-pyrrole nitrogens is 1. The van der Waals surface area contributed by atoms with Gasteiger partial charge >= 0.3 is 5.97 Å². The van der Waals surface area contributed by atoms with E-state index in [2.05, 4.69) is 31.6 Å². The summed E-state index contributed by atoms with van der Waals surface area (Å²) in [6.45, 7) is 1.71. The maximum atomic E-state index is 13.9. The molecule has 0 saturated heterocycles. The van der Waals surface area contributed by atoms with Gasteiger partial charge in [0.05, 0.1) is 19.2 Å². The Bertz CT molecular complexity index is 1620. The molecule has 270 valence electrons. The van der Waals surface area contributed by atoms with Gasteiger partial charge < -0.3 is 41.8 Å². The zero-order valence-electron chi connectivity index (χ0n) is 28.2. The number of hydrogen-bond donors (Lipinski definition) is 8. The first-order chi connectivity index (χ1) is 23.9. The number of carboxylic acid groups (broad SMARTS) is 1. The summed E-state index contributed by atoms with van der Waals surface area (Å²) in [6, 6.07) is 10.4. The van der Waals surface area contributed by atoms with Gasteiger partial charge in [0, 0.05) is 37.1 Å². The highest BCUT2D eigenvalue weighted by molar-refractivity contribution is 7.98. The molecule has 9 N–H and O–H groups in total. The third-order valence-electron chi connectivity index (χ3n) is 7.86. The Morgan fingerprint density at radius 3 is 2.08 bits per heavy atom. The number of hydrogen-bond acceptors (Lipinski definition) is 9. The molecule has 5 amide bonds. The molecule has 16 heteroatoms. The summed E-state index contributed by atoms with van der Waals surface area (Å²) in [5, 5.41) is 23.6. The molecule has 0 saturated carbocycles. The van der Waals surface area contributed by atoms with Crippen molar-refractivity contribution >= 4 is 58.2 Å². The number of methoxy groups -OCH3 is 1. The van der Waals surface area contributed by atoms with Crippen LogP contribution in [-0.2, 0) is 46.3 Å². The van der Waals surface area contributed by atoms with Gasteiger partial charge in [0.15, 0.2) is 0 Å². The van der Waals surface area contributed by atoms with Crippen molar-refractivity contribution in [1.29, 1.82) is 0 Å². The minimum atomic E-state index is -1.60. The zero-order chi connectivity index (χ0) is 36.6. The van der Waals surface area contributed by atoms with Crippen molar-refractivity contribution in [3.05, 3.63) is 71.9 Å². The number of nitrogens with one attached hydrogen (secondary N) is 6. The molecular weight excluding hydrogens is 666 g/mol. The van der Waals surface area contributed by atoms with E-state index in [1.165, 1.54) is 18.9 Å². The number of amides is 5. The van der Waals surface area contributed by atoms with E-state index in [0.717, 1.165) is 16.5 Å². The number of carbonyl (C=O) groups excluding carboxylic acids is 5. The Kier molecular flexibility index (Phi) is 15.7. The van der Waals surface area contributed by atoms with Crippen LogP contribution in [0.25, 0.3) is 10.9 Å². The number of primary amides is 1. The summed E-state index contributed by atoms with van der Waals surface area (Å²) in [5.74, 6) is -4.71. The molecule has 15 nitrogen and oxygen atoms in total. The molecule has 1 aromatic heterocycles. The SMILES string of the molecule is COCN[C@@H](C)C(=O)N[C@@H](Cc1c[nH]c2ccccc12)C(=O)N[C@@H](CCSC)C(=O)N[C@@H](CC(=O)O)C(=O)N[C@@H](Cc1ccccc1)C(N)=O. The first-order valence-electron chi connectivity index (χ1n) is 16.0. The highest BCUT2D eigenvalue weighted by atomic mass is 32.2. The Morgan fingerprint density at radius 1 is 0.820 bits per heavy atom. The molecule has 0 aliphatic rings. The average Bonchev–Trinajstić information content (AvgIpc) is 3.50. The second-order valence-electron chi connectivity index (χ2n) is 11.6. The molecular formula is C34H45N7O8S. The molecule has 0 aliphatic carbocycles. The molecule has 0 unspecified atom stereocenters. The predicted molar refractivity (Wildman–Crippen MR) is 189 cm³/mol. The number of carbonyl (C=O) groups is 6. The fourth-order valence-corrected chi connectivity index (χ4v) is 5.58. The highest BCUT2D eigenvalue weighted by Crippen LogP contribution is 2.19. The molecule has 2 aromatic carbocycles. The second-order valence-corrected chi connectivity index (χ2v) is 12.6. The van der Waals surface area contributed by atoms with Gasteiger partial charge in [-0.3, -0.25) is 34.1 Å². The highest BCUT2D eigenvalue weighted by Gasteiger charge is 2.33. The van der Waals surface area contributed by atoms with Crippen LogP contribution in [-0.4, -0.2) is 102 Å². The summed E-state index contributed by atoms with van der Waals surface area (Å²) in [6.07, 6.45) is 3.00. The topological polar surface area (TPSA) is 234 Å². The first kappa shape index (κ1) is 39.5. The van der Waals surface area contributed by atoms with Gasteiger partial charge in [-0.15, -0.1) is 0 Å². The van der Waals surface area contributed by atoms with Crippen LogP contribution in [0.4, 0.5) is 0 Å². The van der Waals surface area contributed by atoms with Crippen LogP contribution in [0.2, 0.25) is 0 Å². The number of benzene rings is 2. The van der Waals surface area contributed by atoms with Gasteiger partial charge in [-0.05, 0) is 42.5 Å². The van der Waals surface area contributed by atoms with E-state index in [0.29, 0.717) is 11.3 Å². The molecule has 3 rings (SSSR count). The normalized spacial score (nSPS) is 14.1. The smallest absolute Gasteiger partial charge is 0.305 e. The quantitative estimate of drug-likeness (QED) is 0.0699. The van der Waals surface area contributed by atoms with E-state index in [1.807, 2.05) is 30.5 Å². The van der Waals surface area contributed by atoms with Crippen LogP contribution in [0.3, 0.4) is 0 Å². The van der Waals surface area contributed by atoms with Gasteiger partial charge in [-0.2, -0.15) is 11.8 Å². The second kappa shape index (κ2) is 19.9. The summed E-state index contributed by atoms with van der Waals surface area (Å²) in [7, 11) is 1.47. The summed E-state index contributed by atoms with van der Waals surface area (Å²) in [4.78, 5) is 80.9. The number of para-hydroxylation sites is 1. The van der Waals surface area contributed by atoms with E-state index in [4.69, 9.17) is 10.5 Å². The van der Waals surface area contributed by atoms with E-state index in [1.54, 1.807) is 43.5 Å². The Morgan fingerprint density at radius 2 is 1.42 bits per heavy atom. The van der Waals surface area contributed by atoms with E-state index < -0.39 is 72.1 Å². The van der Waals surface area contributed by atoms with Crippen molar-refractivity contribution in [2.45, 2.75) is 62.8 Å². The van der Waals surface area contributed by atoms with Gasteiger partial charge in [-0.25, -0.2) is 0 Å². The fourth-order valence-electron chi connectivity index (χ4n) is 5.11. The lowest BCUT2D eigenvalue weighted by molar-refractivity contribution is -0.141. The fraction of sp³-hybridized carbons (Fsp3) is 0.412. The van der Waals surface area contributed by atoms with Crippen molar-refractivity contribution in [2.75, 3.05) is 25.8 Å². The Balaban J connectivity index is 1.82. The summed E-state index contributed by atoms with van der Waals surface area (Å²) < 4.78 is 4.99. The molecule has 0 aliphatic heterocycles. The van der Waals surface area contributed by atoms with Crippen LogP contribution >= 0.6 is 11.8 Å². The number of nitrogens with two attached hydrogens (primary N) is 1. The van der Waals surface area contributed by atoms with Gasteiger partial charge in [0.1, 0.15) is 24.2 Å². The minimum absolute atomic E-state index is 0.0468. The van der Waals surface area contributed by atoms with Crippen LogP contribution in [0.15, 0.2) is 60.8 Å². The lowest BCUT2D eigenvalue weighted by atomic mass is 10.0. The zero-order valence-corrected chi connectivity index (χ0v) is 29.0. The maximum Gasteiger partial charge on any atom is 0.305 e. The molecule has 1 heterocycles. The first-order valence-corrected chi connectivity index (χ1v) is 17.4.